The van der Waals surface area contributed by atoms with Crippen LogP contribution in [0, 0.1) is 29.6 Å². The van der Waals surface area contributed by atoms with Gasteiger partial charge in [0.2, 0.25) is 23.6 Å². The highest BCUT2D eigenvalue weighted by Crippen LogP contribution is 2.58. The molecule has 1 aromatic carbocycles. The van der Waals surface area contributed by atoms with Gasteiger partial charge < -0.3 is 20.1 Å². The van der Waals surface area contributed by atoms with Crippen molar-refractivity contribution in [1.82, 2.24) is 9.80 Å². The fraction of sp³-hybridized carbons (Fsp3) is 0.517. The number of nitrogens with zero attached hydrogens (tertiary/aromatic N) is 2. The van der Waals surface area contributed by atoms with Gasteiger partial charge in [0.05, 0.1) is 35.8 Å². The van der Waals surface area contributed by atoms with Crippen molar-refractivity contribution >= 4 is 47.2 Å². The van der Waals surface area contributed by atoms with Crippen LogP contribution in [-0.4, -0.2) is 80.9 Å². The van der Waals surface area contributed by atoms with E-state index in [9.17, 15) is 33.9 Å². The minimum Gasteiger partial charge on any atom is -0.503 e. The van der Waals surface area contributed by atoms with Gasteiger partial charge in [-0.05, 0) is 49.3 Å². The van der Waals surface area contributed by atoms with Crippen molar-refractivity contribution in [2.75, 3.05) is 20.2 Å². The van der Waals surface area contributed by atoms with Crippen molar-refractivity contribution in [2.45, 2.75) is 44.4 Å². The maximum atomic E-state index is 13.8. The molecule has 0 unspecified atom stereocenters. The number of hydrogen-bond acceptors (Lipinski definition) is 8. The van der Waals surface area contributed by atoms with Crippen molar-refractivity contribution in [3.63, 3.8) is 0 Å². The van der Waals surface area contributed by atoms with Gasteiger partial charge in [-0.25, -0.2) is 0 Å². The number of allylic oxidation sites excluding steroid dienone is 2. The number of rotatable bonds is 10. The van der Waals surface area contributed by atoms with Crippen LogP contribution >= 0.6 is 11.6 Å². The van der Waals surface area contributed by atoms with E-state index in [0.29, 0.717) is 5.56 Å². The highest BCUT2D eigenvalue weighted by molar-refractivity contribution is 6.32. The summed E-state index contributed by atoms with van der Waals surface area (Å²) in [5, 5.41) is 28.4. The van der Waals surface area contributed by atoms with Crippen molar-refractivity contribution in [1.29, 1.82) is 0 Å². The average Bonchev–Trinajstić information content (AvgIpc) is 3.33. The largest absolute Gasteiger partial charge is 0.503 e. The molecule has 4 aliphatic rings. The standard InChI is InChI=1S/C29H31ClN2O10/c1-42-19-11-13(10-18(30)25(19)37)22-14-6-7-15-23(28(40)31(26(15)38)8-2-4-20(33)34)16(14)12-17-24(22)29(41)32(27(17)39)9-3-5-21(35)36/h6,10-11,15-17,22-24,37H,2-5,7-9,12H2,1H3,(H,33,34)(H,35,36)/t15-,16+,17+,22-,23-,24+/m0/s1. The molecule has 224 valence electrons. The van der Waals surface area contributed by atoms with Crippen molar-refractivity contribution in [3.05, 3.63) is 34.4 Å². The number of hydrogen-bond donors (Lipinski definition) is 3. The minimum absolute atomic E-state index is 0.0198. The molecule has 5 rings (SSSR count). The van der Waals surface area contributed by atoms with Crippen LogP contribution in [0.25, 0.3) is 0 Å². The highest BCUT2D eigenvalue weighted by Gasteiger charge is 2.61. The second-order valence-corrected chi connectivity index (χ2v) is 11.6. The summed E-state index contributed by atoms with van der Waals surface area (Å²) in [5.74, 6) is -8.37. The molecular formula is C29H31ClN2O10. The predicted molar refractivity (Wildman–Crippen MR) is 144 cm³/mol. The monoisotopic (exact) mass is 602 g/mol. The topological polar surface area (TPSA) is 179 Å². The lowest BCUT2D eigenvalue weighted by atomic mass is 9.57. The zero-order chi connectivity index (χ0) is 30.5. The van der Waals surface area contributed by atoms with E-state index in [1.54, 1.807) is 6.07 Å². The second-order valence-electron chi connectivity index (χ2n) is 11.2. The van der Waals surface area contributed by atoms with Gasteiger partial charge in [-0.3, -0.25) is 38.6 Å². The summed E-state index contributed by atoms with van der Waals surface area (Å²) in [6, 6.07) is 3.05. The number of carbonyl (C=O) groups is 6. The SMILES string of the molecule is COc1cc([C@H]2C3=CC[C@@H]4C(=O)N(CCCC(=O)O)C(=O)[C@@H]4[C@@H]3C[C@H]3C(=O)N(CCCC(=O)O)C(=O)[C@@H]23)cc(Cl)c1O. The number of aromatic hydroxyl groups is 1. The van der Waals surface area contributed by atoms with E-state index in [1.165, 1.54) is 13.2 Å². The van der Waals surface area contributed by atoms with E-state index >= 15 is 0 Å². The molecule has 4 amide bonds. The Morgan fingerprint density at radius 3 is 2.02 bits per heavy atom. The number of phenolic OH excluding ortho intramolecular Hbond substituents is 1. The number of methoxy groups -OCH3 is 1. The van der Waals surface area contributed by atoms with Crippen molar-refractivity contribution in [3.8, 4) is 11.5 Å². The molecule has 6 atom stereocenters. The van der Waals surface area contributed by atoms with Gasteiger partial charge in [0.15, 0.2) is 11.5 Å². The zero-order valence-corrected chi connectivity index (χ0v) is 23.6. The molecule has 2 heterocycles. The number of halogens is 1. The van der Waals surface area contributed by atoms with Crippen LogP contribution in [0.5, 0.6) is 11.5 Å². The van der Waals surface area contributed by atoms with Crippen molar-refractivity contribution in [2.24, 2.45) is 29.6 Å². The quantitative estimate of drug-likeness (QED) is 0.266. The first-order chi connectivity index (χ1) is 20.0. The van der Waals surface area contributed by atoms with Gasteiger partial charge in [-0.1, -0.05) is 23.3 Å². The molecule has 1 aromatic rings. The molecule has 42 heavy (non-hydrogen) atoms. The van der Waals surface area contributed by atoms with E-state index in [0.717, 1.165) is 15.4 Å². The Bertz CT molecular complexity index is 1410. The van der Waals surface area contributed by atoms with Crippen LogP contribution in [0.4, 0.5) is 0 Å². The third kappa shape index (κ3) is 4.91. The van der Waals surface area contributed by atoms with E-state index in [1.807, 2.05) is 6.08 Å². The Hall–Kier alpha value is -3.93. The Kier molecular flexibility index (Phi) is 8.02. The molecule has 13 heteroatoms. The average molecular weight is 603 g/mol. The van der Waals surface area contributed by atoms with Gasteiger partial charge in [-0.15, -0.1) is 0 Å². The van der Waals surface area contributed by atoms with E-state index < -0.39 is 65.2 Å². The van der Waals surface area contributed by atoms with Crippen LogP contribution in [0.2, 0.25) is 5.02 Å². The smallest absolute Gasteiger partial charge is 0.303 e. The van der Waals surface area contributed by atoms with E-state index in [4.69, 9.17) is 26.6 Å². The summed E-state index contributed by atoms with van der Waals surface area (Å²) in [5.41, 5.74) is 1.23. The minimum atomic E-state index is -1.05. The molecule has 12 nitrogen and oxygen atoms in total. The first-order valence-electron chi connectivity index (χ1n) is 13.9. The summed E-state index contributed by atoms with van der Waals surface area (Å²) < 4.78 is 5.30. The zero-order valence-electron chi connectivity index (χ0n) is 22.8. The number of benzene rings is 1. The third-order valence-electron chi connectivity index (χ3n) is 9.01. The lowest BCUT2D eigenvalue weighted by Crippen LogP contribution is -2.43. The normalized spacial score (nSPS) is 28.4. The number of imide groups is 2. The summed E-state index contributed by atoms with van der Waals surface area (Å²) in [6.07, 6.45) is 2.04. The predicted octanol–water partition coefficient (Wildman–Crippen LogP) is 2.42. The number of carbonyl (C=O) groups excluding carboxylic acids is 4. The molecule has 0 spiro atoms. The van der Waals surface area contributed by atoms with Gasteiger partial charge in [0, 0.05) is 31.8 Å². The third-order valence-corrected chi connectivity index (χ3v) is 9.29. The summed E-state index contributed by atoms with van der Waals surface area (Å²) in [7, 11) is 1.35. The van der Waals surface area contributed by atoms with Crippen LogP contribution in [0.15, 0.2) is 23.8 Å². The Morgan fingerprint density at radius 2 is 1.45 bits per heavy atom. The van der Waals surface area contributed by atoms with Gasteiger partial charge in [0.25, 0.3) is 0 Å². The molecule has 2 aliphatic heterocycles. The number of likely N-dealkylation sites (tertiary alicyclic amines) is 2. The first kappa shape index (κ1) is 29.6. The fourth-order valence-corrected chi connectivity index (χ4v) is 7.46. The number of phenols is 1. The molecular weight excluding hydrogens is 572 g/mol. The molecule has 0 aromatic heterocycles. The first-order valence-corrected chi connectivity index (χ1v) is 14.2. The Morgan fingerprint density at radius 1 is 0.881 bits per heavy atom. The van der Waals surface area contributed by atoms with Crippen LogP contribution in [-0.2, 0) is 28.8 Å². The number of fused-ring (bicyclic) bond motifs is 4. The van der Waals surface area contributed by atoms with E-state index in [-0.39, 0.29) is 74.0 Å². The molecule has 2 aliphatic carbocycles. The lowest BCUT2D eigenvalue weighted by molar-refractivity contribution is -0.143. The number of carboxylic acid groups (broad SMARTS) is 2. The van der Waals surface area contributed by atoms with Crippen LogP contribution in [0.3, 0.4) is 0 Å². The number of carboxylic acids is 2. The van der Waals surface area contributed by atoms with E-state index in [2.05, 4.69) is 0 Å². The molecule has 0 bridgehead atoms. The number of amides is 4. The maximum absolute atomic E-state index is 13.8. The molecule has 0 radical (unpaired) electrons. The maximum Gasteiger partial charge on any atom is 0.303 e. The number of ether oxygens (including phenoxy) is 1. The Balaban J connectivity index is 1.55. The highest BCUT2D eigenvalue weighted by atomic mass is 35.5. The molecule has 2 saturated heterocycles. The van der Waals surface area contributed by atoms with Gasteiger partial charge >= 0.3 is 11.9 Å². The van der Waals surface area contributed by atoms with Gasteiger partial charge in [-0.2, -0.15) is 0 Å². The molecule has 3 fully saturated rings. The number of aliphatic carboxylic acids is 2. The van der Waals surface area contributed by atoms with Crippen molar-refractivity contribution < 1.29 is 48.8 Å². The molecule has 1 saturated carbocycles. The van der Waals surface area contributed by atoms with Crippen LogP contribution < -0.4 is 4.74 Å². The molecule has 3 N–H and O–H groups in total. The second kappa shape index (κ2) is 11.4. The Labute approximate surface area is 245 Å². The van der Waals surface area contributed by atoms with Gasteiger partial charge in [0.1, 0.15) is 0 Å². The summed E-state index contributed by atoms with van der Waals surface area (Å²) in [6.45, 7) is -0.0814. The lowest BCUT2D eigenvalue weighted by Gasteiger charge is -2.44. The summed E-state index contributed by atoms with van der Waals surface area (Å²) >= 11 is 6.33. The summed E-state index contributed by atoms with van der Waals surface area (Å²) in [4.78, 5) is 78.7. The van der Waals surface area contributed by atoms with Crippen LogP contribution in [0.1, 0.15) is 50.0 Å². The fourth-order valence-electron chi connectivity index (χ4n) is 7.24.